The van der Waals surface area contributed by atoms with E-state index in [2.05, 4.69) is 62.3 Å². The van der Waals surface area contributed by atoms with Crippen molar-refractivity contribution in [1.29, 1.82) is 0 Å². The summed E-state index contributed by atoms with van der Waals surface area (Å²) in [4.78, 5) is 13.5. The van der Waals surface area contributed by atoms with Crippen LogP contribution in [0.5, 0.6) is 0 Å². The molecule has 0 aromatic carbocycles. The Morgan fingerprint density at radius 3 is 2.21 bits per heavy atom. The van der Waals surface area contributed by atoms with Gasteiger partial charge in [-0.1, -0.05) is 62.3 Å². The van der Waals surface area contributed by atoms with Crippen LogP contribution in [-0.4, -0.2) is 40.9 Å². The zero-order valence-electron chi connectivity index (χ0n) is 26.0. The van der Waals surface area contributed by atoms with Crippen molar-refractivity contribution >= 4 is 14.3 Å². The Balaban J connectivity index is 1.52. The smallest absolute Gasteiger partial charge is 0.315 e. The Kier molecular flexibility index (Phi) is 9.00. The number of fused-ring (bicyclic) bond motifs is 4. The van der Waals surface area contributed by atoms with Crippen LogP contribution in [0.3, 0.4) is 0 Å². The molecule has 0 aromatic rings. The summed E-state index contributed by atoms with van der Waals surface area (Å²) < 4.78 is 24.4. The molecule has 5 nitrogen and oxygen atoms in total. The van der Waals surface area contributed by atoms with E-state index in [9.17, 15) is 4.79 Å². The molecule has 7 atom stereocenters. The molecule has 0 radical (unpaired) electrons. The second-order valence-electron chi connectivity index (χ2n) is 14.6. The van der Waals surface area contributed by atoms with E-state index in [1.165, 1.54) is 18.4 Å². The van der Waals surface area contributed by atoms with Crippen molar-refractivity contribution in [2.75, 3.05) is 20.5 Å². The molecule has 0 amide bonds. The molecule has 218 valence electrons. The van der Waals surface area contributed by atoms with E-state index in [1.54, 1.807) is 7.11 Å². The molecule has 38 heavy (non-hydrogen) atoms. The van der Waals surface area contributed by atoms with Gasteiger partial charge in [0.1, 0.15) is 12.6 Å². The van der Waals surface area contributed by atoms with Crippen LogP contribution in [0, 0.1) is 34.5 Å². The highest BCUT2D eigenvalue weighted by molar-refractivity contribution is 6.77. The van der Waals surface area contributed by atoms with Gasteiger partial charge in [-0.15, -0.1) is 0 Å². The van der Waals surface area contributed by atoms with Crippen LogP contribution in [0.25, 0.3) is 0 Å². The Labute approximate surface area is 233 Å². The fourth-order valence-electron chi connectivity index (χ4n) is 9.80. The van der Waals surface area contributed by atoms with Crippen LogP contribution in [0.2, 0.25) is 16.6 Å². The Morgan fingerprint density at radius 1 is 0.947 bits per heavy atom. The summed E-state index contributed by atoms with van der Waals surface area (Å²) in [6.07, 6.45) is 7.35. The van der Waals surface area contributed by atoms with E-state index in [-0.39, 0.29) is 35.6 Å². The van der Waals surface area contributed by atoms with Crippen molar-refractivity contribution in [3.63, 3.8) is 0 Å². The first-order chi connectivity index (χ1) is 17.8. The third-order valence-electron chi connectivity index (χ3n) is 11.8. The van der Waals surface area contributed by atoms with Crippen molar-refractivity contribution < 1.29 is 23.4 Å². The lowest BCUT2D eigenvalue weighted by Crippen LogP contribution is -2.51. The van der Waals surface area contributed by atoms with Gasteiger partial charge in [-0.2, -0.15) is 0 Å². The fourth-order valence-corrected chi connectivity index (χ4v) is 15.3. The Bertz CT molecular complexity index is 875. The number of rotatable bonds is 10. The highest BCUT2D eigenvalue weighted by atomic mass is 28.4. The minimum absolute atomic E-state index is 0.0253. The monoisotopic (exact) mass is 548 g/mol. The molecule has 2 fully saturated rings. The summed E-state index contributed by atoms with van der Waals surface area (Å²) in [7, 11) is -0.237. The number of carbonyl (C=O) groups excluding carboxylic acids is 1. The molecule has 1 aliphatic heterocycles. The summed E-state index contributed by atoms with van der Waals surface area (Å²) in [5.74, 6) is 2.39. The molecule has 4 aliphatic rings. The summed E-state index contributed by atoms with van der Waals surface area (Å²) >= 11 is 0. The van der Waals surface area contributed by atoms with Crippen LogP contribution in [0.15, 0.2) is 11.3 Å². The summed E-state index contributed by atoms with van der Waals surface area (Å²) in [6.45, 7) is 22.7. The number of ether oxygens (including phenoxy) is 3. The van der Waals surface area contributed by atoms with Crippen LogP contribution in [0.4, 0.5) is 0 Å². The molecule has 0 bridgehead atoms. The lowest BCUT2D eigenvalue weighted by molar-refractivity contribution is -0.164. The van der Waals surface area contributed by atoms with Crippen molar-refractivity contribution in [3.05, 3.63) is 11.3 Å². The van der Waals surface area contributed by atoms with Crippen molar-refractivity contribution in [2.45, 2.75) is 130 Å². The number of esters is 1. The van der Waals surface area contributed by atoms with Gasteiger partial charge in [-0.3, -0.25) is 4.79 Å². The average Bonchev–Trinajstić information content (AvgIpc) is 3.20. The average molecular weight is 549 g/mol. The summed E-state index contributed by atoms with van der Waals surface area (Å²) in [5, 5.41) is 0. The Morgan fingerprint density at radius 2 is 1.61 bits per heavy atom. The maximum absolute atomic E-state index is 13.5. The largest absolute Gasteiger partial charge is 0.431 e. The van der Waals surface area contributed by atoms with E-state index >= 15 is 0 Å². The van der Waals surface area contributed by atoms with E-state index in [0.717, 1.165) is 44.5 Å². The first-order valence-electron chi connectivity index (χ1n) is 15.5. The molecule has 1 unspecified atom stereocenters. The van der Waals surface area contributed by atoms with Gasteiger partial charge in [0.05, 0.1) is 12.0 Å². The summed E-state index contributed by atoms with van der Waals surface area (Å²) in [5.41, 5.74) is 3.34. The second-order valence-corrected chi connectivity index (χ2v) is 20.0. The molecule has 0 spiro atoms. The maximum atomic E-state index is 13.5. The van der Waals surface area contributed by atoms with E-state index in [0.29, 0.717) is 34.4 Å². The van der Waals surface area contributed by atoms with Crippen LogP contribution in [-0.2, 0) is 23.4 Å². The normalized spacial score (nSPS) is 36.4. The van der Waals surface area contributed by atoms with Gasteiger partial charge in [-0.05, 0) is 84.4 Å². The maximum Gasteiger partial charge on any atom is 0.315 e. The molecule has 6 heteroatoms. The predicted octanol–water partition coefficient (Wildman–Crippen LogP) is 8.25. The fraction of sp³-hybridized carbons (Fsp3) is 0.906. The predicted molar refractivity (Wildman–Crippen MR) is 155 cm³/mol. The molecule has 0 N–H and O–H groups in total. The van der Waals surface area contributed by atoms with Crippen LogP contribution >= 0.6 is 0 Å². The van der Waals surface area contributed by atoms with Crippen LogP contribution < -0.4 is 0 Å². The van der Waals surface area contributed by atoms with Gasteiger partial charge in [-0.25, -0.2) is 0 Å². The van der Waals surface area contributed by atoms with Gasteiger partial charge in [0.2, 0.25) is 0 Å². The lowest BCUT2D eigenvalue weighted by atomic mass is 9.55. The minimum atomic E-state index is -1.89. The van der Waals surface area contributed by atoms with Crippen molar-refractivity contribution in [1.82, 2.24) is 0 Å². The van der Waals surface area contributed by atoms with Gasteiger partial charge < -0.3 is 18.6 Å². The Hall–Kier alpha value is -0.693. The molecule has 2 saturated carbocycles. The first-order valence-corrected chi connectivity index (χ1v) is 17.7. The number of allylic oxidation sites excluding steroid dienone is 2. The SMILES string of the molecule is COCO[C@H]1CC[C@]2(C)C3=C(OC(=O)[C@H]2C1)[C@@H]1CCC([C@H](C)CO[Si](C(C)C)(C(C)C)C(C)C)[C@@]1(C)CC3. The highest BCUT2D eigenvalue weighted by Gasteiger charge is 2.59. The first kappa shape index (κ1) is 30.3. The molecular formula is C32H56O5Si. The van der Waals surface area contributed by atoms with Crippen LogP contribution in [0.1, 0.15) is 107 Å². The van der Waals surface area contributed by atoms with Crippen molar-refractivity contribution in [3.8, 4) is 0 Å². The molecule has 1 heterocycles. The number of hydrogen-bond acceptors (Lipinski definition) is 5. The van der Waals surface area contributed by atoms with Gasteiger partial charge in [0.25, 0.3) is 0 Å². The van der Waals surface area contributed by atoms with Gasteiger partial charge in [0.15, 0.2) is 8.32 Å². The second kappa shape index (κ2) is 11.3. The van der Waals surface area contributed by atoms with Gasteiger partial charge >= 0.3 is 5.97 Å². The quantitative estimate of drug-likeness (QED) is 0.156. The third kappa shape index (κ3) is 4.88. The third-order valence-corrected chi connectivity index (χ3v) is 17.9. The molecular weight excluding hydrogens is 492 g/mol. The molecule has 0 saturated heterocycles. The standard InChI is InChI=1S/C32H56O5Si/c1-20(2)38(21(3)4,22(5)6)36-18-23(7)25-11-12-26-29-27(14-16-31(25,26)8)32(9)15-13-24(35-19-34-10)17-28(32)30(33)37-29/h20-26,28H,11-19H2,1-10H3/t23-,24+,25?,26+,28-,31-,32-/m1/s1. The zero-order chi connectivity index (χ0) is 28.0. The molecule has 0 aromatic heterocycles. The zero-order valence-corrected chi connectivity index (χ0v) is 27.0. The highest BCUT2D eigenvalue weighted by Crippen LogP contribution is 2.65. The van der Waals surface area contributed by atoms with E-state index in [1.807, 2.05) is 0 Å². The molecule has 4 rings (SSSR count). The van der Waals surface area contributed by atoms with E-state index in [4.69, 9.17) is 18.6 Å². The number of hydrogen-bond donors (Lipinski definition) is 0. The van der Waals surface area contributed by atoms with Gasteiger partial charge in [0, 0.05) is 25.0 Å². The molecule has 3 aliphatic carbocycles. The topological polar surface area (TPSA) is 54.0 Å². The lowest BCUT2D eigenvalue weighted by Gasteiger charge is -2.53. The summed E-state index contributed by atoms with van der Waals surface area (Å²) in [6, 6.07) is 0. The van der Waals surface area contributed by atoms with Crippen molar-refractivity contribution in [2.24, 2.45) is 34.5 Å². The van der Waals surface area contributed by atoms with E-state index < -0.39 is 8.32 Å². The minimum Gasteiger partial charge on any atom is -0.431 e. The number of methoxy groups -OCH3 is 1. The number of carbonyl (C=O) groups is 1.